The van der Waals surface area contributed by atoms with Gasteiger partial charge in [0.25, 0.3) is 5.91 Å². The van der Waals surface area contributed by atoms with Crippen molar-refractivity contribution in [2.75, 3.05) is 0 Å². The number of aromatic nitrogens is 2. The number of amides is 1. The lowest BCUT2D eigenvalue weighted by atomic mass is 9.86. The number of carbonyl (C=O) groups is 2. The first-order valence-electron chi connectivity index (χ1n) is 12.6. The molecule has 6 heteroatoms. The lowest BCUT2D eigenvalue weighted by molar-refractivity contribution is -0.142. The quantitative estimate of drug-likeness (QED) is 0.349. The molecule has 1 amide bonds. The maximum absolute atomic E-state index is 13.5. The largest absolute Gasteiger partial charge is 0.481 e. The Kier molecular flexibility index (Phi) is 7.04. The van der Waals surface area contributed by atoms with Crippen LogP contribution in [-0.4, -0.2) is 32.8 Å². The molecular formula is C31H29N3O3. The van der Waals surface area contributed by atoms with Gasteiger partial charge < -0.3 is 10.4 Å². The summed E-state index contributed by atoms with van der Waals surface area (Å²) in [6.07, 6.45) is 4.26. The molecule has 0 bridgehead atoms. The molecule has 1 heterocycles. The third-order valence-corrected chi connectivity index (χ3v) is 7.05. The number of carboxylic acids is 1. The van der Waals surface area contributed by atoms with E-state index in [2.05, 4.69) is 58.7 Å². The van der Waals surface area contributed by atoms with Gasteiger partial charge in [0.2, 0.25) is 0 Å². The number of benzene rings is 3. The highest BCUT2D eigenvalue weighted by atomic mass is 16.4. The van der Waals surface area contributed by atoms with E-state index in [1.54, 1.807) is 13.1 Å². The van der Waals surface area contributed by atoms with Gasteiger partial charge >= 0.3 is 5.97 Å². The zero-order valence-corrected chi connectivity index (χ0v) is 20.8. The minimum atomic E-state index is -0.752. The second-order valence-corrected chi connectivity index (χ2v) is 9.56. The first-order valence-corrected chi connectivity index (χ1v) is 12.6. The summed E-state index contributed by atoms with van der Waals surface area (Å²) in [7, 11) is 0. The van der Waals surface area contributed by atoms with Gasteiger partial charge in [0.1, 0.15) is 0 Å². The monoisotopic (exact) mass is 491 g/mol. The first kappa shape index (κ1) is 24.3. The highest BCUT2D eigenvalue weighted by molar-refractivity contribution is 6.06. The molecule has 0 spiro atoms. The highest BCUT2D eigenvalue weighted by Gasteiger charge is 2.27. The molecule has 0 unspecified atom stereocenters. The zero-order chi connectivity index (χ0) is 25.8. The number of hydrogen-bond donors (Lipinski definition) is 2. The van der Waals surface area contributed by atoms with Crippen LogP contribution in [0.2, 0.25) is 0 Å². The predicted octanol–water partition coefficient (Wildman–Crippen LogP) is 5.50. The van der Waals surface area contributed by atoms with E-state index in [0.717, 1.165) is 27.6 Å². The molecule has 1 fully saturated rings. The Morgan fingerprint density at radius 2 is 1.70 bits per heavy atom. The van der Waals surface area contributed by atoms with E-state index in [1.165, 1.54) is 5.56 Å². The van der Waals surface area contributed by atoms with Gasteiger partial charge in [-0.15, -0.1) is 5.92 Å². The van der Waals surface area contributed by atoms with Gasteiger partial charge in [0.15, 0.2) is 0 Å². The Bertz CT molecular complexity index is 1490. The molecule has 1 saturated carbocycles. The van der Waals surface area contributed by atoms with Crippen molar-refractivity contribution in [3.05, 3.63) is 89.6 Å². The van der Waals surface area contributed by atoms with Crippen LogP contribution in [0.3, 0.4) is 0 Å². The van der Waals surface area contributed by atoms with Crippen molar-refractivity contribution in [2.45, 2.75) is 45.2 Å². The summed E-state index contributed by atoms with van der Waals surface area (Å²) in [4.78, 5) is 24.8. The number of fused-ring (bicyclic) bond motifs is 1. The third-order valence-electron chi connectivity index (χ3n) is 7.05. The Morgan fingerprint density at radius 3 is 2.38 bits per heavy atom. The number of carbonyl (C=O) groups excluding carboxylic acids is 1. The summed E-state index contributed by atoms with van der Waals surface area (Å²) in [6.45, 7) is 2.30. The van der Waals surface area contributed by atoms with Crippen LogP contribution in [-0.2, 0) is 11.3 Å². The topological polar surface area (TPSA) is 84.2 Å². The van der Waals surface area contributed by atoms with Crippen molar-refractivity contribution in [2.24, 2.45) is 5.92 Å². The summed E-state index contributed by atoms with van der Waals surface area (Å²) in [5, 5.41) is 17.9. The average Bonchev–Trinajstić information content (AvgIpc) is 3.32. The molecule has 0 radical (unpaired) electrons. The zero-order valence-electron chi connectivity index (χ0n) is 20.8. The van der Waals surface area contributed by atoms with Gasteiger partial charge in [-0.25, -0.2) is 0 Å². The highest BCUT2D eigenvalue weighted by Crippen LogP contribution is 2.27. The van der Waals surface area contributed by atoms with E-state index in [4.69, 9.17) is 0 Å². The molecule has 1 aliphatic carbocycles. The van der Waals surface area contributed by atoms with Gasteiger partial charge in [0.05, 0.1) is 29.7 Å². The molecule has 1 aromatic heterocycles. The van der Waals surface area contributed by atoms with E-state index in [1.807, 2.05) is 35.0 Å². The van der Waals surface area contributed by atoms with E-state index in [9.17, 15) is 14.7 Å². The van der Waals surface area contributed by atoms with Gasteiger partial charge in [-0.3, -0.25) is 14.3 Å². The maximum Gasteiger partial charge on any atom is 0.306 e. The van der Waals surface area contributed by atoms with E-state index in [0.29, 0.717) is 37.8 Å². The lowest BCUT2D eigenvalue weighted by Crippen LogP contribution is -2.39. The van der Waals surface area contributed by atoms with Gasteiger partial charge in [0, 0.05) is 17.0 Å². The summed E-state index contributed by atoms with van der Waals surface area (Å²) in [6, 6.07) is 22.4. The van der Waals surface area contributed by atoms with Crippen LogP contribution < -0.4 is 5.32 Å². The van der Waals surface area contributed by atoms with Crippen molar-refractivity contribution in [3.63, 3.8) is 0 Å². The van der Waals surface area contributed by atoms with Crippen molar-refractivity contribution >= 4 is 22.8 Å². The normalized spacial score (nSPS) is 17.1. The molecule has 0 saturated heterocycles. The van der Waals surface area contributed by atoms with Gasteiger partial charge in [-0.05, 0) is 61.4 Å². The maximum atomic E-state index is 13.5. The molecule has 186 valence electrons. The summed E-state index contributed by atoms with van der Waals surface area (Å²) in [5.41, 5.74) is 5.47. The lowest BCUT2D eigenvalue weighted by Gasteiger charge is -2.27. The van der Waals surface area contributed by atoms with Crippen LogP contribution in [0.4, 0.5) is 0 Å². The molecule has 5 rings (SSSR count). The van der Waals surface area contributed by atoms with Crippen LogP contribution in [0.25, 0.3) is 22.0 Å². The Morgan fingerprint density at radius 1 is 1.00 bits per heavy atom. The van der Waals surface area contributed by atoms with Crippen molar-refractivity contribution in [1.29, 1.82) is 0 Å². The number of rotatable bonds is 6. The van der Waals surface area contributed by atoms with Gasteiger partial charge in [-0.1, -0.05) is 60.5 Å². The van der Waals surface area contributed by atoms with Crippen molar-refractivity contribution < 1.29 is 14.7 Å². The molecule has 0 atom stereocenters. The van der Waals surface area contributed by atoms with Crippen LogP contribution in [0.15, 0.2) is 72.9 Å². The molecule has 3 aromatic carbocycles. The minimum Gasteiger partial charge on any atom is -0.481 e. The Balaban J connectivity index is 1.41. The number of carboxylic acid groups (broad SMARTS) is 1. The number of aliphatic carboxylic acids is 1. The van der Waals surface area contributed by atoms with E-state index >= 15 is 0 Å². The average molecular weight is 492 g/mol. The predicted molar refractivity (Wildman–Crippen MR) is 144 cm³/mol. The van der Waals surface area contributed by atoms with Gasteiger partial charge in [-0.2, -0.15) is 5.10 Å². The van der Waals surface area contributed by atoms with Crippen LogP contribution in [0.1, 0.15) is 54.1 Å². The second kappa shape index (κ2) is 10.7. The SMILES string of the molecule is CC#Cc1cc(C(=O)NC2CCC(C(=O)O)CC2)c2c(cnn2Cc2ccc(-c3ccccc3)cc2)c1. The molecular weight excluding hydrogens is 462 g/mol. The Hall–Kier alpha value is -4.37. The number of hydrogen-bond acceptors (Lipinski definition) is 3. The third kappa shape index (κ3) is 5.41. The fraction of sp³-hybridized carbons (Fsp3) is 0.258. The van der Waals surface area contributed by atoms with Crippen LogP contribution in [0, 0.1) is 17.8 Å². The molecule has 1 aliphatic rings. The smallest absolute Gasteiger partial charge is 0.306 e. The molecule has 0 aliphatic heterocycles. The molecule has 37 heavy (non-hydrogen) atoms. The second-order valence-electron chi connectivity index (χ2n) is 9.56. The number of nitrogens with zero attached hydrogens (tertiary/aromatic N) is 2. The fourth-order valence-electron chi connectivity index (χ4n) is 5.10. The molecule has 2 N–H and O–H groups in total. The molecule has 4 aromatic rings. The van der Waals surface area contributed by atoms with E-state index in [-0.39, 0.29) is 17.9 Å². The summed E-state index contributed by atoms with van der Waals surface area (Å²) < 4.78 is 1.87. The van der Waals surface area contributed by atoms with Crippen molar-refractivity contribution in [1.82, 2.24) is 15.1 Å². The number of nitrogens with one attached hydrogen (secondary N) is 1. The summed E-state index contributed by atoms with van der Waals surface area (Å²) >= 11 is 0. The first-order chi connectivity index (χ1) is 18.0. The van der Waals surface area contributed by atoms with Crippen molar-refractivity contribution in [3.8, 4) is 23.0 Å². The van der Waals surface area contributed by atoms with Crippen LogP contribution in [0.5, 0.6) is 0 Å². The minimum absolute atomic E-state index is 0.0408. The van der Waals surface area contributed by atoms with E-state index < -0.39 is 5.97 Å². The molecule has 6 nitrogen and oxygen atoms in total. The Labute approximate surface area is 216 Å². The summed E-state index contributed by atoms with van der Waals surface area (Å²) in [5.74, 6) is 4.73. The van der Waals surface area contributed by atoms with Crippen LogP contribution >= 0.6 is 0 Å². The standard InChI is InChI=1S/C31H29N3O3/c1-2-6-22-17-26-19-32-34(20-21-9-11-24(12-10-21)23-7-4-3-5-8-23)29(26)28(18-22)30(35)33-27-15-13-25(14-16-27)31(36)37/h3-5,7-12,17-19,25,27H,13-16,20H2,1H3,(H,33,35)(H,36,37). The fourth-order valence-corrected chi connectivity index (χ4v) is 5.10.